The monoisotopic (exact) mass is 427 g/mol. The Morgan fingerprint density at radius 1 is 1.03 bits per heavy atom. The van der Waals surface area contributed by atoms with Gasteiger partial charge >= 0.3 is 6.18 Å². The summed E-state index contributed by atoms with van der Waals surface area (Å²) in [7, 11) is -3.53. The van der Waals surface area contributed by atoms with Crippen molar-refractivity contribution in [3.63, 3.8) is 0 Å². The minimum absolute atomic E-state index is 0.0889. The van der Waals surface area contributed by atoms with E-state index in [0.717, 1.165) is 31.4 Å². The summed E-state index contributed by atoms with van der Waals surface area (Å²) in [5.74, 6) is -0.622. The number of benzene rings is 1. The molecule has 0 spiro atoms. The standard InChI is InChI=1S/C19H20F3N3O3S/c20-19(21,22)15-6-9-17(23-13-15)18(26)24-12-14-4-7-16(8-5-14)29(27,28)25-10-2-1-3-11-25/h4-9,13H,1-3,10-12H2,(H,24,26). The Balaban J connectivity index is 1.60. The predicted molar refractivity (Wildman–Crippen MR) is 99.5 cm³/mol. The summed E-state index contributed by atoms with van der Waals surface area (Å²) in [5.41, 5.74) is -0.412. The van der Waals surface area contributed by atoms with Gasteiger partial charge in [0.25, 0.3) is 5.91 Å². The third kappa shape index (κ3) is 5.13. The molecule has 1 aromatic heterocycles. The van der Waals surface area contributed by atoms with Gasteiger partial charge in [0, 0.05) is 25.8 Å². The summed E-state index contributed by atoms with van der Waals surface area (Å²) < 4.78 is 64.3. The van der Waals surface area contributed by atoms with Crippen molar-refractivity contribution in [3.8, 4) is 0 Å². The molecule has 0 radical (unpaired) electrons. The zero-order chi connectivity index (χ0) is 21.1. The molecule has 1 N–H and O–H groups in total. The fourth-order valence-electron chi connectivity index (χ4n) is 3.00. The maximum absolute atomic E-state index is 12.6. The van der Waals surface area contributed by atoms with E-state index in [1.807, 2.05) is 0 Å². The highest BCUT2D eigenvalue weighted by Gasteiger charge is 2.31. The van der Waals surface area contributed by atoms with Gasteiger partial charge in [-0.05, 0) is 42.7 Å². The van der Waals surface area contributed by atoms with Crippen LogP contribution in [0.2, 0.25) is 0 Å². The normalized spacial score (nSPS) is 15.8. The van der Waals surface area contributed by atoms with Crippen molar-refractivity contribution in [3.05, 3.63) is 59.4 Å². The molecule has 2 heterocycles. The van der Waals surface area contributed by atoms with E-state index < -0.39 is 27.7 Å². The molecule has 1 fully saturated rings. The van der Waals surface area contributed by atoms with Gasteiger partial charge in [-0.2, -0.15) is 17.5 Å². The number of alkyl halides is 3. The van der Waals surface area contributed by atoms with E-state index >= 15 is 0 Å². The lowest BCUT2D eigenvalue weighted by atomic mass is 10.2. The predicted octanol–water partition coefficient (Wildman–Crippen LogP) is 3.21. The van der Waals surface area contributed by atoms with Gasteiger partial charge in [0.15, 0.2) is 0 Å². The summed E-state index contributed by atoms with van der Waals surface area (Å²) in [6.07, 6.45) is -1.19. The molecule has 1 aromatic carbocycles. The van der Waals surface area contributed by atoms with Crippen molar-refractivity contribution >= 4 is 15.9 Å². The average molecular weight is 427 g/mol. The Hall–Kier alpha value is -2.46. The van der Waals surface area contributed by atoms with E-state index in [1.165, 1.54) is 16.4 Å². The number of carbonyl (C=O) groups excluding carboxylic acids is 1. The molecular weight excluding hydrogens is 407 g/mol. The van der Waals surface area contributed by atoms with E-state index in [4.69, 9.17) is 0 Å². The molecule has 0 saturated carbocycles. The number of rotatable bonds is 5. The molecule has 0 aliphatic carbocycles. The molecule has 0 atom stereocenters. The van der Waals surface area contributed by atoms with E-state index in [0.29, 0.717) is 24.8 Å². The minimum atomic E-state index is -4.52. The van der Waals surface area contributed by atoms with Gasteiger partial charge in [-0.1, -0.05) is 18.6 Å². The average Bonchev–Trinajstić information content (AvgIpc) is 2.72. The van der Waals surface area contributed by atoms with Crippen LogP contribution in [0.3, 0.4) is 0 Å². The summed E-state index contributed by atoms with van der Waals surface area (Å²) in [4.78, 5) is 15.8. The first-order valence-electron chi connectivity index (χ1n) is 9.08. The van der Waals surface area contributed by atoms with Crippen molar-refractivity contribution in [1.29, 1.82) is 0 Å². The molecule has 10 heteroatoms. The van der Waals surface area contributed by atoms with Crippen LogP contribution in [-0.2, 0) is 22.7 Å². The molecule has 1 aliphatic heterocycles. The largest absolute Gasteiger partial charge is 0.417 e. The summed E-state index contributed by atoms with van der Waals surface area (Å²) in [5, 5.41) is 2.55. The number of nitrogens with one attached hydrogen (secondary N) is 1. The molecule has 1 aliphatic rings. The van der Waals surface area contributed by atoms with Crippen LogP contribution >= 0.6 is 0 Å². The third-order valence-corrected chi connectivity index (χ3v) is 6.57. The Labute approximate surface area is 166 Å². The zero-order valence-corrected chi connectivity index (χ0v) is 16.3. The van der Waals surface area contributed by atoms with Gasteiger partial charge in [-0.15, -0.1) is 0 Å². The highest BCUT2D eigenvalue weighted by atomic mass is 32.2. The van der Waals surface area contributed by atoms with Crippen LogP contribution in [0.15, 0.2) is 47.5 Å². The number of carbonyl (C=O) groups is 1. The van der Waals surface area contributed by atoms with Crippen molar-refractivity contribution in [2.45, 2.75) is 36.9 Å². The Morgan fingerprint density at radius 3 is 2.24 bits per heavy atom. The van der Waals surface area contributed by atoms with Crippen LogP contribution in [-0.4, -0.2) is 36.7 Å². The number of hydrogen-bond donors (Lipinski definition) is 1. The van der Waals surface area contributed by atoms with Crippen molar-refractivity contribution in [2.24, 2.45) is 0 Å². The van der Waals surface area contributed by atoms with Gasteiger partial charge < -0.3 is 5.32 Å². The van der Waals surface area contributed by atoms with Crippen molar-refractivity contribution in [1.82, 2.24) is 14.6 Å². The number of aromatic nitrogens is 1. The second kappa shape index (κ2) is 8.50. The number of hydrogen-bond acceptors (Lipinski definition) is 4. The molecule has 0 bridgehead atoms. The number of piperidine rings is 1. The maximum Gasteiger partial charge on any atom is 0.417 e. The lowest BCUT2D eigenvalue weighted by Crippen LogP contribution is -2.35. The molecule has 0 unspecified atom stereocenters. The maximum atomic E-state index is 12.6. The van der Waals surface area contributed by atoms with E-state index in [1.54, 1.807) is 12.1 Å². The Kier molecular flexibility index (Phi) is 6.23. The second-order valence-electron chi connectivity index (χ2n) is 6.72. The Morgan fingerprint density at radius 2 is 1.69 bits per heavy atom. The first kappa shape index (κ1) is 21.3. The highest BCUT2D eigenvalue weighted by Crippen LogP contribution is 2.28. The van der Waals surface area contributed by atoms with Gasteiger partial charge in [-0.25, -0.2) is 8.42 Å². The van der Waals surface area contributed by atoms with Gasteiger partial charge in [0.1, 0.15) is 5.69 Å². The fourth-order valence-corrected chi connectivity index (χ4v) is 4.52. The summed E-state index contributed by atoms with van der Waals surface area (Å²) in [6, 6.07) is 7.97. The van der Waals surface area contributed by atoms with Gasteiger partial charge in [-0.3, -0.25) is 9.78 Å². The lowest BCUT2D eigenvalue weighted by Gasteiger charge is -2.25. The SMILES string of the molecule is O=C(NCc1ccc(S(=O)(=O)N2CCCCC2)cc1)c1ccc(C(F)(F)F)cn1. The van der Waals surface area contributed by atoms with Crippen LogP contribution in [0.5, 0.6) is 0 Å². The second-order valence-corrected chi connectivity index (χ2v) is 8.66. The molecule has 1 amide bonds. The van der Waals surface area contributed by atoms with Crippen molar-refractivity contribution < 1.29 is 26.4 Å². The number of pyridine rings is 1. The summed E-state index contributed by atoms with van der Waals surface area (Å²) >= 11 is 0. The number of nitrogens with zero attached hydrogens (tertiary/aromatic N) is 2. The molecule has 3 rings (SSSR count). The van der Waals surface area contributed by atoms with Gasteiger partial charge in [0.2, 0.25) is 10.0 Å². The van der Waals surface area contributed by atoms with Crippen molar-refractivity contribution in [2.75, 3.05) is 13.1 Å². The summed E-state index contributed by atoms with van der Waals surface area (Å²) in [6.45, 7) is 1.12. The molecular formula is C19H20F3N3O3S. The van der Waals surface area contributed by atoms with E-state index in [2.05, 4.69) is 10.3 Å². The van der Waals surface area contributed by atoms with Crippen LogP contribution in [0, 0.1) is 0 Å². The lowest BCUT2D eigenvalue weighted by molar-refractivity contribution is -0.137. The number of amides is 1. The Bertz CT molecular complexity index is 953. The molecule has 2 aromatic rings. The van der Waals surface area contributed by atoms with Crippen LogP contribution in [0.25, 0.3) is 0 Å². The first-order valence-corrected chi connectivity index (χ1v) is 10.5. The minimum Gasteiger partial charge on any atom is -0.347 e. The molecule has 156 valence electrons. The number of halogens is 3. The van der Waals surface area contributed by atoms with Crippen LogP contribution in [0.1, 0.15) is 40.9 Å². The van der Waals surface area contributed by atoms with E-state index in [-0.39, 0.29) is 17.1 Å². The molecule has 1 saturated heterocycles. The quantitative estimate of drug-likeness (QED) is 0.795. The van der Waals surface area contributed by atoms with Crippen LogP contribution < -0.4 is 5.32 Å². The fraction of sp³-hybridized carbons (Fsp3) is 0.368. The number of sulfonamides is 1. The van der Waals surface area contributed by atoms with Crippen LogP contribution in [0.4, 0.5) is 13.2 Å². The van der Waals surface area contributed by atoms with Gasteiger partial charge in [0.05, 0.1) is 10.5 Å². The first-order chi connectivity index (χ1) is 13.7. The third-order valence-electron chi connectivity index (χ3n) is 4.65. The smallest absolute Gasteiger partial charge is 0.347 e. The van der Waals surface area contributed by atoms with E-state index in [9.17, 15) is 26.4 Å². The highest BCUT2D eigenvalue weighted by molar-refractivity contribution is 7.89. The topological polar surface area (TPSA) is 79.4 Å². The zero-order valence-electron chi connectivity index (χ0n) is 15.4. The molecule has 29 heavy (non-hydrogen) atoms. The molecule has 6 nitrogen and oxygen atoms in total.